The first-order valence-electron chi connectivity index (χ1n) is 10.5. The fraction of sp³-hybridized carbons (Fsp3) is 0.458. The SMILES string of the molecule is CC(C)(C)CN(CC(COCc1cc(C(F)(F)F)cc(C(F)(F)F)c1)c1ccc(F)cc1)C(=O)O. The number of hydrogen-bond donors (Lipinski definition) is 1. The summed E-state index contributed by atoms with van der Waals surface area (Å²) in [6.45, 7) is 4.78. The maximum atomic E-state index is 13.4. The topological polar surface area (TPSA) is 49.8 Å². The van der Waals surface area contributed by atoms with Gasteiger partial charge in [-0.25, -0.2) is 9.18 Å². The van der Waals surface area contributed by atoms with Gasteiger partial charge in [-0.3, -0.25) is 0 Å². The van der Waals surface area contributed by atoms with Gasteiger partial charge in [0.05, 0.1) is 24.3 Å². The first-order valence-corrected chi connectivity index (χ1v) is 10.5. The molecule has 0 saturated heterocycles. The second-order valence-electron chi connectivity index (χ2n) is 9.40. The van der Waals surface area contributed by atoms with Gasteiger partial charge in [0.2, 0.25) is 0 Å². The van der Waals surface area contributed by atoms with Crippen molar-refractivity contribution in [3.8, 4) is 0 Å². The summed E-state index contributed by atoms with van der Waals surface area (Å²) in [5.74, 6) is -1.18. The van der Waals surface area contributed by atoms with Crippen LogP contribution in [0.1, 0.15) is 48.9 Å². The number of carbonyl (C=O) groups is 1. The van der Waals surface area contributed by atoms with Crippen molar-refractivity contribution in [3.63, 3.8) is 0 Å². The highest BCUT2D eigenvalue weighted by Crippen LogP contribution is 2.36. The van der Waals surface area contributed by atoms with Gasteiger partial charge in [0.1, 0.15) is 5.82 Å². The number of hydrogen-bond acceptors (Lipinski definition) is 2. The van der Waals surface area contributed by atoms with Gasteiger partial charge in [-0.15, -0.1) is 0 Å². The van der Waals surface area contributed by atoms with Crippen molar-refractivity contribution < 1.29 is 45.4 Å². The largest absolute Gasteiger partial charge is 0.465 e. The number of nitrogens with zero attached hydrogens (tertiary/aromatic N) is 1. The first-order chi connectivity index (χ1) is 16.0. The summed E-state index contributed by atoms with van der Waals surface area (Å²) in [5, 5.41) is 9.61. The molecule has 0 radical (unpaired) electrons. The van der Waals surface area contributed by atoms with Crippen molar-refractivity contribution in [1.82, 2.24) is 4.90 Å². The Morgan fingerprint density at radius 2 is 1.46 bits per heavy atom. The summed E-state index contributed by atoms with van der Waals surface area (Å²) < 4.78 is 97.4. The van der Waals surface area contributed by atoms with E-state index in [0.717, 1.165) is 4.90 Å². The van der Waals surface area contributed by atoms with E-state index in [4.69, 9.17) is 4.74 Å². The molecule has 0 fully saturated rings. The molecule has 11 heteroatoms. The quantitative estimate of drug-likeness (QED) is 0.383. The molecule has 35 heavy (non-hydrogen) atoms. The average Bonchev–Trinajstić information content (AvgIpc) is 2.70. The number of carboxylic acid groups (broad SMARTS) is 1. The summed E-state index contributed by atoms with van der Waals surface area (Å²) >= 11 is 0. The van der Waals surface area contributed by atoms with Crippen LogP contribution in [0.5, 0.6) is 0 Å². The molecule has 0 aromatic heterocycles. The molecule has 0 heterocycles. The number of alkyl halides is 6. The standard InChI is InChI=1S/C24H26F7NO3/c1-22(2,3)14-32(21(33)34)11-17(16-4-6-20(25)7-5-16)13-35-12-15-8-18(23(26,27)28)10-19(9-15)24(29,30)31/h4-10,17H,11-14H2,1-3H3,(H,33,34). The molecule has 0 aliphatic heterocycles. The zero-order valence-corrected chi connectivity index (χ0v) is 19.3. The maximum Gasteiger partial charge on any atom is 0.416 e. The van der Waals surface area contributed by atoms with Crippen molar-refractivity contribution >= 4 is 6.09 Å². The lowest BCUT2D eigenvalue weighted by Crippen LogP contribution is -2.40. The van der Waals surface area contributed by atoms with Gasteiger partial charge in [-0.1, -0.05) is 32.9 Å². The van der Waals surface area contributed by atoms with Crippen molar-refractivity contribution in [3.05, 3.63) is 70.5 Å². The molecule has 4 nitrogen and oxygen atoms in total. The van der Waals surface area contributed by atoms with Crippen LogP contribution in [-0.2, 0) is 23.7 Å². The normalized spacial score (nSPS) is 13.5. The Labute approximate surface area is 198 Å². The third-order valence-corrected chi connectivity index (χ3v) is 4.95. The Balaban J connectivity index is 2.27. The van der Waals surface area contributed by atoms with Crippen molar-refractivity contribution in [1.29, 1.82) is 0 Å². The molecule has 0 aliphatic carbocycles. The van der Waals surface area contributed by atoms with E-state index in [1.165, 1.54) is 24.3 Å². The zero-order chi connectivity index (χ0) is 26.6. The van der Waals surface area contributed by atoms with E-state index in [1.54, 1.807) is 0 Å². The number of halogens is 7. The lowest BCUT2D eigenvalue weighted by atomic mass is 9.94. The molecule has 2 aromatic carbocycles. The van der Waals surface area contributed by atoms with Crippen LogP contribution in [0, 0.1) is 11.2 Å². The Hall–Kier alpha value is -2.82. The van der Waals surface area contributed by atoms with Crippen LogP contribution in [0.4, 0.5) is 35.5 Å². The van der Waals surface area contributed by atoms with Crippen LogP contribution in [-0.4, -0.2) is 35.8 Å². The van der Waals surface area contributed by atoms with E-state index in [9.17, 15) is 40.6 Å². The van der Waals surface area contributed by atoms with Gasteiger partial charge in [0, 0.05) is 19.0 Å². The zero-order valence-electron chi connectivity index (χ0n) is 19.3. The average molecular weight is 509 g/mol. The Morgan fingerprint density at radius 1 is 0.943 bits per heavy atom. The second-order valence-corrected chi connectivity index (χ2v) is 9.40. The van der Waals surface area contributed by atoms with Gasteiger partial charge in [-0.05, 0) is 46.9 Å². The molecule has 2 rings (SSSR count). The molecule has 194 valence electrons. The van der Waals surface area contributed by atoms with Crippen LogP contribution < -0.4 is 0 Å². The molecule has 0 aliphatic rings. The second kappa shape index (κ2) is 10.8. The third kappa shape index (κ3) is 9.04. The molecule has 1 unspecified atom stereocenters. The summed E-state index contributed by atoms with van der Waals surface area (Å²) in [6, 6.07) is 6.36. The van der Waals surface area contributed by atoms with Crippen molar-refractivity contribution in [2.75, 3.05) is 19.7 Å². The number of ether oxygens (including phenoxy) is 1. The summed E-state index contributed by atoms with van der Waals surface area (Å²) in [7, 11) is 0. The molecule has 0 bridgehead atoms. The summed E-state index contributed by atoms with van der Waals surface area (Å²) in [5.41, 5.74) is -3.13. The fourth-order valence-electron chi connectivity index (χ4n) is 3.46. The number of rotatable bonds is 8. The van der Waals surface area contributed by atoms with E-state index in [-0.39, 0.29) is 31.3 Å². The molecule has 0 spiro atoms. The minimum Gasteiger partial charge on any atom is -0.465 e. The van der Waals surface area contributed by atoms with E-state index in [1.807, 2.05) is 20.8 Å². The highest BCUT2D eigenvalue weighted by Gasteiger charge is 2.37. The van der Waals surface area contributed by atoms with Gasteiger partial charge in [-0.2, -0.15) is 26.3 Å². The summed E-state index contributed by atoms with van der Waals surface area (Å²) in [6.07, 6.45) is -11.2. The Bertz CT molecular complexity index is 964. The predicted octanol–water partition coefficient (Wildman–Crippen LogP) is 7.19. The van der Waals surface area contributed by atoms with E-state index >= 15 is 0 Å². The molecular weight excluding hydrogens is 483 g/mol. The van der Waals surface area contributed by atoms with Gasteiger partial charge in [0.15, 0.2) is 0 Å². The van der Waals surface area contributed by atoms with Gasteiger partial charge in [0.25, 0.3) is 0 Å². The molecule has 0 saturated carbocycles. The monoisotopic (exact) mass is 509 g/mol. The first kappa shape index (κ1) is 28.4. The highest BCUT2D eigenvalue weighted by atomic mass is 19.4. The lowest BCUT2D eigenvalue weighted by molar-refractivity contribution is -0.143. The maximum absolute atomic E-state index is 13.4. The highest BCUT2D eigenvalue weighted by molar-refractivity contribution is 5.65. The van der Waals surface area contributed by atoms with Crippen LogP contribution in [0.3, 0.4) is 0 Å². The van der Waals surface area contributed by atoms with Crippen LogP contribution in [0.2, 0.25) is 0 Å². The van der Waals surface area contributed by atoms with E-state index in [2.05, 4.69) is 0 Å². The Kier molecular flexibility index (Phi) is 8.80. The van der Waals surface area contributed by atoms with Crippen LogP contribution in [0.15, 0.2) is 42.5 Å². The lowest BCUT2D eigenvalue weighted by Gasteiger charge is -2.31. The molecule has 1 amide bonds. The third-order valence-electron chi connectivity index (χ3n) is 4.95. The molecule has 2 aromatic rings. The van der Waals surface area contributed by atoms with E-state index < -0.39 is 53.3 Å². The molecular formula is C24H26F7NO3. The smallest absolute Gasteiger partial charge is 0.416 e. The van der Waals surface area contributed by atoms with Gasteiger partial charge < -0.3 is 14.7 Å². The van der Waals surface area contributed by atoms with E-state index in [0.29, 0.717) is 17.7 Å². The minimum absolute atomic E-state index is 0.0298. The minimum atomic E-state index is -4.98. The Morgan fingerprint density at radius 3 is 1.89 bits per heavy atom. The number of amides is 1. The molecule has 1 atom stereocenters. The predicted molar refractivity (Wildman–Crippen MR) is 114 cm³/mol. The van der Waals surface area contributed by atoms with Crippen molar-refractivity contribution in [2.45, 2.75) is 45.6 Å². The van der Waals surface area contributed by atoms with Gasteiger partial charge >= 0.3 is 18.4 Å². The summed E-state index contributed by atoms with van der Waals surface area (Å²) in [4.78, 5) is 12.9. The number of benzene rings is 2. The fourth-order valence-corrected chi connectivity index (χ4v) is 3.46. The van der Waals surface area contributed by atoms with Crippen LogP contribution in [0.25, 0.3) is 0 Å². The van der Waals surface area contributed by atoms with Crippen molar-refractivity contribution in [2.24, 2.45) is 5.41 Å². The molecule has 1 N–H and O–H groups in total. The van der Waals surface area contributed by atoms with Crippen LogP contribution >= 0.6 is 0 Å².